The average molecular weight is 216 g/mol. The zero-order valence-electron chi connectivity index (χ0n) is 4.13. The molecule has 0 rings (SSSR count). The quantitative estimate of drug-likeness (QED) is 0.232. The molecule has 10 heteroatoms. The van der Waals surface area contributed by atoms with Crippen molar-refractivity contribution in [3.8, 4) is 0 Å². The van der Waals surface area contributed by atoms with Crippen molar-refractivity contribution >= 4 is 10.4 Å². The Kier molecular flexibility index (Phi) is 78.5. The first-order valence-electron chi connectivity index (χ1n) is 0.667. The van der Waals surface area contributed by atoms with Crippen LogP contribution in [0, 0.1) is 0 Å². The van der Waals surface area contributed by atoms with Crippen molar-refractivity contribution in [2.24, 2.45) is 0 Å². The van der Waals surface area contributed by atoms with Crippen molar-refractivity contribution in [3.63, 3.8) is 0 Å². The fraction of sp³-hybridized carbons (Fsp3) is 0. The van der Waals surface area contributed by atoms with E-state index in [9.17, 15) is 0 Å². The Labute approximate surface area is 70.1 Å². The molecule has 0 aromatic heterocycles. The van der Waals surface area contributed by atoms with Gasteiger partial charge in [-0.05, 0) is 0 Å². The Hall–Kier alpha value is 0.229. The third-order valence-corrected chi connectivity index (χ3v) is 0. The molecule has 8 nitrogen and oxygen atoms in total. The molecule has 0 aliphatic rings. The van der Waals surface area contributed by atoms with Gasteiger partial charge in [-0.25, -0.2) is 0 Å². The Morgan fingerprint density at radius 1 is 0.800 bits per heavy atom. The van der Waals surface area contributed by atoms with Crippen LogP contribution >= 0.6 is 0 Å². The van der Waals surface area contributed by atoms with E-state index >= 15 is 0 Å². The first-order chi connectivity index (χ1) is 2.00. The second-order valence-electron chi connectivity index (χ2n) is 0.408. The van der Waals surface area contributed by atoms with Crippen LogP contribution in [0.5, 0.6) is 0 Å². The van der Waals surface area contributed by atoms with E-state index in [1.807, 2.05) is 0 Å². The van der Waals surface area contributed by atoms with Crippen LogP contribution in [-0.2, 0) is 27.5 Å². The minimum Gasteiger partial charge on any atom is -0.759 e. The molecule has 0 unspecified atom stereocenters. The molecule has 61 valence electrons. The van der Waals surface area contributed by atoms with E-state index in [1.54, 1.807) is 0 Å². The van der Waals surface area contributed by atoms with Gasteiger partial charge in [0.15, 0.2) is 0 Å². The topological polar surface area (TPSA) is 202 Å². The molecule has 0 saturated heterocycles. The van der Waals surface area contributed by atoms with Gasteiger partial charge in [0, 0.05) is 35.0 Å². The Morgan fingerprint density at radius 2 is 0.800 bits per heavy atom. The molecule has 13 radical (unpaired) electrons. The largest absolute Gasteiger partial charge is 2.00 e. The molecule has 0 aliphatic carbocycles. The zero-order chi connectivity index (χ0) is 4.50. The van der Waals surface area contributed by atoms with Gasteiger partial charge < -0.3 is 9.11 Å². The summed E-state index contributed by atoms with van der Waals surface area (Å²) in [5.41, 5.74) is 0. The standard InChI is InChI=1S/Cu.4N.H2O4S/c;;;;;1-5(2,3)4/h;;;;;(H2,1,2,3,4)/q+2;;;;;/p-2. The van der Waals surface area contributed by atoms with Gasteiger partial charge >= 0.3 is 17.1 Å². The first-order valence-corrected chi connectivity index (χ1v) is 2.00. The minimum absolute atomic E-state index is 0. The molecule has 0 saturated carbocycles. The third kappa shape index (κ3) is 8170. The van der Waals surface area contributed by atoms with Crippen LogP contribution in [0.1, 0.15) is 0 Å². The van der Waals surface area contributed by atoms with E-state index in [0.717, 1.165) is 0 Å². The summed E-state index contributed by atoms with van der Waals surface area (Å²) in [5.74, 6) is 0. The summed E-state index contributed by atoms with van der Waals surface area (Å²) in [5, 5.41) is 0. The summed E-state index contributed by atoms with van der Waals surface area (Å²) in [6.07, 6.45) is 0. The molecule has 0 heterocycles. The van der Waals surface area contributed by atoms with Crippen molar-refractivity contribution in [2.75, 3.05) is 0 Å². The van der Waals surface area contributed by atoms with Crippen LogP contribution in [0.3, 0.4) is 0 Å². The number of rotatable bonds is 0. The molecular weight excluding hydrogens is 216 g/mol. The fourth-order valence-electron chi connectivity index (χ4n) is 0. The second kappa shape index (κ2) is 16.1. The predicted molar refractivity (Wildman–Crippen MR) is 19.0 cm³/mol. The van der Waals surface area contributed by atoms with Crippen LogP contribution in [0.4, 0.5) is 0 Å². The molecule has 0 aliphatic heterocycles. The molecule has 0 aromatic rings. The average Bonchev–Trinajstić information content (AvgIpc) is 0.722. The van der Waals surface area contributed by atoms with Crippen LogP contribution in [-0.4, -0.2) is 17.5 Å². The number of nitrogens with zero attached hydrogens (tertiary/aromatic N) is 4. The molecule has 0 fully saturated rings. The Bertz CT molecular complexity index is 100. The molecule has 0 N–H and O–H groups in total. The molecule has 0 aromatic carbocycles. The molecular formula is CuN4O4S. The maximum atomic E-state index is 8.52. The van der Waals surface area contributed by atoms with E-state index < -0.39 is 10.4 Å². The molecule has 0 amide bonds. The predicted octanol–water partition coefficient (Wildman–Crippen LogP) is -3.26. The maximum Gasteiger partial charge on any atom is 2.00 e. The number of hydrogen-bond acceptors (Lipinski definition) is 4. The van der Waals surface area contributed by atoms with Gasteiger partial charge in [-0.3, -0.25) is 8.42 Å². The van der Waals surface area contributed by atoms with E-state index in [4.69, 9.17) is 17.5 Å². The fourth-order valence-corrected chi connectivity index (χ4v) is 0. The van der Waals surface area contributed by atoms with Crippen LogP contribution < -0.4 is 24.6 Å². The Morgan fingerprint density at radius 3 is 0.800 bits per heavy atom. The number of hydrogen-bond donors (Lipinski definition) is 0. The van der Waals surface area contributed by atoms with Crippen molar-refractivity contribution in [1.82, 2.24) is 24.6 Å². The van der Waals surface area contributed by atoms with Crippen molar-refractivity contribution in [1.29, 1.82) is 0 Å². The summed E-state index contributed by atoms with van der Waals surface area (Å²) in [6, 6.07) is 0. The van der Waals surface area contributed by atoms with Gasteiger partial charge in [0.2, 0.25) is 0 Å². The molecule has 0 bridgehead atoms. The van der Waals surface area contributed by atoms with Gasteiger partial charge in [-0.1, -0.05) is 0 Å². The summed E-state index contributed by atoms with van der Waals surface area (Å²) in [4.78, 5) is 0. The van der Waals surface area contributed by atoms with Gasteiger partial charge in [0.05, 0.1) is 0 Å². The van der Waals surface area contributed by atoms with Crippen molar-refractivity contribution in [2.45, 2.75) is 0 Å². The van der Waals surface area contributed by atoms with Crippen LogP contribution in [0.2, 0.25) is 0 Å². The zero-order valence-corrected chi connectivity index (χ0v) is 5.89. The third-order valence-electron chi connectivity index (χ3n) is 0. The van der Waals surface area contributed by atoms with Crippen LogP contribution in [0.15, 0.2) is 0 Å². The molecule has 10 heavy (non-hydrogen) atoms. The van der Waals surface area contributed by atoms with Crippen molar-refractivity contribution < 1.29 is 34.6 Å². The van der Waals surface area contributed by atoms with E-state index in [1.165, 1.54) is 0 Å². The van der Waals surface area contributed by atoms with Gasteiger partial charge in [-0.2, -0.15) is 0 Å². The smallest absolute Gasteiger partial charge is 0.759 e. The molecule has 0 spiro atoms. The SMILES string of the molecule is O=S(=O)([O-])[O-].[Cu+2].[N].[N].[N].[N]. The normalized spacial score (nSPS) is 5.80. The summed E-state index contributed by atoms with van der Waals surface area (Å²) >= 11 is 0. The summed E-state index contributed by atoms with van der Waals surface area (Å²) in [6.45, 7) is 0. The van der Waals surface area contributed by atoms with E-state index in [2.05, 4.69) is 0 Å². The van der Waals surface area contributed by atoms with Crippen LogP contribution in [0.25, 0.3) is 0 Å². The monoisotopic (exact) mass is 215 g/mol. The van der Waals surface area contributed by atoms with E-state index in [-0.39, 0.29) is 41.7 Å². The second-order valence-corrected chi connectivity index (χ2v) is 1.22. The van der Waals surface area contributed by atoms with Gasteiger partial charge in [0.1, 0.15) is 0 Å². The first kappa shape index (κ1) is 48.7. The maximum absolute atomic E-state index is 8.52. The van der Waals surface area contributed by atoms with Gasteiger partial charge in [0.25, 0.3) is 0 Å². The Balaban J connectivity index is -0.00000000800. The minimum atomic E-state index is -5.17. The van der Waals surface area contributed by atoms with E-state index in [0.29, 0.717) is 0 Å². The van der Waals surface area contributed by atoms with Gasteiger partial charge in [-0.15, -0.1) is 0 Å². The summed E-state index contributed by atoms with van der Waals surface area (Å²) in [7, 11) is -5.17. The van der Waals surface area contributed by atoms with Crippen molar-refractivity contribution in [3.05, 3.63) is 0 Å². The molecule has 0 atom stereocenters. The summed E-state index contributed by atoms with van der Waals surface area (Å²) < 4.78 is 34.1.